The van der Waals surface area contributed by atoms with Crippen LogP contribution in [-0.4, -0.2) is 44.2 Å². The Morgan fingerprint density at radius 3 is 2.70 bits per heavy atom. The zero-order valence-electron chi connectivity index (χ0n) is 17.0. The fourth-order valence-electron chi connectivity index (χ4n) is 4.29. The second-order valence-electron chi connectivity index (χ2n) is 7.68. The molecule has 5 nitrogen and oxygen atoms in total. The smallest absolute Gasteiger partial charge is 0.256 e. The van der Waals surface area contributed by atoms with Crippen LogP contribution in [0.2, 0.25) is 0 Å². The zero-order valence-corrected chi connectivity index (χ0v) is 17.0. The monoisotopic (exact) mass is 400 g/mol. The van der Waals surface area contributed by atoms with Crippen molar-refractivity contribution in [2.45, 2.75) is 6.54 Å². The Labute approximate surface area is 175 Å². The molecule has 0 bridgehead atoms. The summed E-state index contributed by atoms with van der Waals surface area (Å²) >= 11 is 0. The van der Waals surface area contributed by atoms with Crippen molar-refractivity contribution in [2.24, 2.45) is 0 Å². The number of anilines is 1. The maximum absolute atomic E-state index is 13.1. The first-order valence-electron chi connectivity index (χ1n) is 10.2. The van der Waals surface area contributed by atoms with Gasteiger partial charge in [-0.15, -0.1) is 0 Å². The molecule has 0 unspecified atom stereocenters. The van der Waals surface area contributed by atoms with Crippen LogP contribution in [-0.2, 0) is 16.1 Å². The van der Waals surface area contributed by atoms with Gasteiger partial charge in [0.2, 0.25) is 0 Å². The third-order valence-electron chi connectivity index (χ3n) is 5.81. The molecule has 1 saturated heterocycles. The van der Waals surface area contributed by atoms with E-state index in [9.17, 15) is 4.79 Å². The molecule has 1 fully saturated rings. The van der Waals surface area contributed by atoms with Gasteiger partial charge < -0.3 is 14.8 Å². The van der Waals surface area contributed by atoms with Crippen molar-refractivity contribution in [3.63, 3.8) is 0 Å². The minimum atomic E-state index is -0.110. The van der Waals surface area contributed by atoms with E-state index in [1.807, 2.05) is 42.5 Å². The highest BCUT2D eigenvalue weighted by atomic mass is 16.5. The van der Waals surface area contributed by atoms with E-state index in [2.05, 4.69) is 28.4 Å². The average molecular weight is 400 g/mol. The summed E-state index contributed by atoms with van der Waals surface area (Å²) in [5, 5.41) is 5.34. The summed E-state index contributed by atoms with van der Waals surface area (Å²) in [6.45, 7) is 4.18. The summed E-state index contributed by atoms with van der Waals surface area (Å²) in [5.41, 5.74) is 4.60. The summed E-state index contributed by atoms with van der Waals surface area (Å²) in [6, 6.07) is 18.1. The summed E-state index contributed by atoms with van der Waals surface area (Å²) in [4.78, 5) is 15.4. The van der Waals surface area contributed by atoms with Gasteiger partial charge in [-0.3, -0.25) is 9.69 Å². The quantitative estimate of drug-likeness (QED) is 0.698. The van der Waals surface area contributed by atoms with Gasteiger partial charge in [-0.2, -0.15) is 0 Å². The van der Waals surface area contributed by atoms with Gasteiger partial charge in [-0.1, -0.05) is 42.5 Å². The number of carbonyl (C=O) groups excluding carboxylic acids is 1. The number of benzene rings is 3. The second-order valence-corrected chi connectivity index (χ2v) is 7.68. The minimum absolute atomic E-state index is 0.110. The molecule has 1 heterocycles. The molecular formula is C25H24N2O3. The number of ether oxygens (including phenoxy) is 2. The lowest BCUT2D eigenvalue weighted by Gasteiger charge is -2.27. The highest BCUT2D eigenvalue weighted by molar-refractivity contribution is 6.34. The van der Waals surface area contributed by atoms with Gasteiger partial charge in [0.15, 0.2) is 0 Å². The normalized spacial score (nSPS) is 15.8. The van der Waals surface area contributed by atoms with Crippen LogP contribution in [0.5, 0.6) is 5.75 Å². The Morgan fingerprint density at radius 1 is 1.10 bits per heavy atom. The number of carbonyl (C=O) groups is 1. The van der Waals surface area contributed by atoms with Gasteiger partial charge in [0.1, 0.15) is 5.75 Å². The number of hydrogen-bond donors (Lipinski definition) is 1. The maximum atomic E-state index is 13.1. The van der Waals surface area contributed by atoms with Crippen molar-refractivity contribution in [3.05, 3.63) is 71.3 Å². The van der Waals surface area contributed by atoms with E-state index in [1.54, 1.807) is 7.11 Å². The van der Waals surface area contributed by atoms with Crippen molar-refractivity contribution < 1.29 is 14.3 Å². The molecule has 2 aliphatic rings. The van der Waals surface area contributed by atoms with Crippen LogP contribution in [0.25, 0.3) is 22.4 Å². The minimum Gasteiger partial charge on any atom is -0.496 e. The molecule has 1 aliphatic carbocycles. The lowest BCUT2D eigenvalue weighted by atomic mass is 10.0. The summed E-state index contributed by atoms with van der Waals surface area (Å²) < 4.78 is 11.0. The first-order valence-corrected chi connectivity index (χ1v) is 10.2. The Kier molecular flexibility index (Phi) is 4.99. The molecule has 30 heavy (non-hydrogen) atoms. The average Bonchev–Trinajstić information content (AvgIpc) is 3.16. The molecule has 5 heteroatoms. The Hall–Kier alpha value is -3.15. The molecule has 0 aromatic heterocycles. The molecule has 0 radical (unpaired) electrons. The second kappa shape index (κ2) is 7.94. The van der Waals surface area contributed by atoms with Crippen molar-refractivity contribution >= 4 is 34.0 Å². The van der Waals surface area contributed by atoms with E-state index in [1.165, 1.54) is 0 Å². The van der Waals surface area contributed by atoms with Crippen molar-refractivity contribution in [3.8, 4) is 5.75 Å². The number of nitrogens with zero attached hydrogens (tertiary/aromatic N) is 1. The third kappa shape index (κ3) is 3.47. The molecule has 3 aromatic rings. The van der Waals surface area contributed by atoms with E-state index in [4.69, 9.17) is 9.47 Å². The van der Waals surface area contributed by atoms with Gasteiger partial charge in [-0.25, -0.2) is 0 Å². The van der Waals surface area contributed by atoms with Gasteiger partial charge >= 0.3 is 0 Å². The molecule has 0 spiro atoms. The number of morpholine rings is 1. The number of amides is 1. The first kappa shape index (κ1) is 18.9. The van der Waals surface area contributed by atoms with Gasteiger partial charge in [0, 0.05) is 42.5 Å². The lowest BCUT2D eigenvalue weighted by Crippen LogP contribution is -2.35. The zero-order chi connectivity index (χ0) is 20.5. The fourth-order valence-corrected chi connectivity index (χ4v) is 4.29. The predicted octanol–water partition coefficient (Wildman–Crippen LogP) is 4.17. The topological polar surface area (TPSA) is 50.8 Å². The van der Waals surface area contributed by atoms with Crippen molar-refractivity contribution in [1.82, 2.24) is 4.90 Å². The number of nitrogens with one attached hydrogen (secondary N) is 1. The van der Waals surface area contributed by atoms with Crippen LogP contribution in [0.3, 0.4) is 0 Å². The molecule has 1 N–H and O–H groups in total. The molecule has 1 aliphatic heterocycles. The summed E-state index contributed by atoms with van der Waals surface area (Å²) in [6.07, 6.45) is 1.97. The van der Waals surface area contributed by atoms with Gasteiger partial charge in [0.05, 0.1) is 20.3 Å². The van der Waals surface area contributed by atoms with E-state index < -0.39 is 0 Å². The SMILES string of the molecule is COc1cc(NC(=O)C2=Cc3cccc4cccc2c34)ccc1CN1CCOCC1. The van der Waals surface area contributed by atoms with Crippen LogP contribution in [0.1, 0.15) is 16.7 Å². The Morgan fingerprint density at radius 2 is 1.90 bits per heavy atom. The van der Waals surface area contributed by atoms with Crippen LogP contribution in [0, 0.1) is 0 Å². The van der Waals surface area contributed by atoms with Crippen LogP contribution in [0.4, 0.5) is 5.69 Å². The number of hydrogen-bond acceptors (Lipinski definition) is 4. The third-order valence-corrected chi connectivity index (χ3v) is 5.81. The van der Waals surface area contributed by atoms with E-state index >= 15 is 0 Å². The predicted molar refractivity (Wildman–Crippen MR) is 120 cm³/mol. The van der Waals surface area contributed by atoms with E-state index in [-0.39, 0.29) is 5.91 Å². The highest BCUT2D eigenvalue weighted by Crippen LogP contribution is 2.37. The maximum Gasteiger partial charge on any atom is 0.256 e. The van der Waals surface area contributed by atoms with E-state index in [0.717, 1.165) is 71.7 Å². The number of rotatable bonds is 5. The first-order chi connectivity index (χ1) is 14.7. The molecule has 1 amide bonds. The standard InChI is InChI=1S/C25H24N2O3/c1-29-23-15-20(9-8-19(23)16-27-10-12-30-13-11-27)26-25(28)22-14-18-6-2-4-17-5-3-7-21(22)24(17)18/h2-9,14-15H,10-13,16H2,1H3,(H,26,28). The highest BCUT2D eigenvalue weighted by Gasteiger charge is 2.22. The van der Waals surface area contributed by atoms with Crippen molar-refractivity contribution in [1.29, 1.82) is 0 Å². The molecule has 5 rings (SSSR count). The Balaban J connectivity index is 1.36. The van der Waals surface area contributed by atoms with Crippen molar-refractivity contribution in [2.75, 3.05) is 38.7 Å². The lowest BCUT2D eigenvalue weighted by molar-refractivity contribution is -0.111. The van der Waals surface area contributed by atoms with Crippen LogP contribution < -0.4 is 10.1 Å². The summed E-state index contributed by atoms with van der Waals surface area (Å²) in [5.74, 6) is 0.673. The largest absolute Gasteiger partial charge is 0.496 e. The fraction of sp³-hybridized carbons (Fsp3) is 0.240. The molecule has 3 aromatic carbocycles. The molecule has 152 valence electrons. The van der Waals surface area contributed by atoms with Crippen LogP contribution in [0.15, 0.2) is 54.6 Å². The van der Waals surface area contributed by atoms with Crippen LogP contribution >= 0.6 is 0 Å². The Bertz CT molecular complexity index is 1140. The van der Waals surface area contributed by atoms with Gasteiger partial charge in [0.25, 0.3) is 5.91 Å². The van der Waals surface area contributed by atoms with E-state index in [0.29, 0.717) is 5.57 Å². The van der Waals surface area contributed by atoms with Gasteiger partial charge in [-0.05, 0) is 34.0 Å². The molecule has 0 atom stereocenters. The number of methoxy groups -OCH3 is 1. The molecular weight excluding hydrogens is 376 g/mol. The summed E-state index contributed by atoms with van der Waals surface area (Å²) in [7, 11) is 1.67. The molecule has 0 saturated carbocycles.